The van der Waals surface area contributed by atoms with Gasteiger partial charge >= 0.3 is 5.97 Å². The first-order chi connectivity index (χ1) is 9.02. The van der Waals surface area contributed by atoms with Gasteiger partial charge in [-0.2, -0.15) is 0 Å². The van der Waals surface area contributed by atoms with Gasteiger partial charge in [0.2, 0.25) is 5.91 Å². The second kappa shape index (κ2) is 7.50. The van der Waals surface area contributed by atoms with Crippen LogP contribution in [0.2, 0.25) is 0 Å². The maximum Gasteiger partial charge on any atom is 0.328 e. The smallest absolute Gasteiger partial charge is 0.328 e. The van der Waals surface area contributed by atoms with Gasteiger partial charge < -0.3 is 21.5 Å². The SMILES string of the molecule is COC(=O)C(Cc1ccccc1)NC(=O)CC(N)N. The molecule has 0 fully saturated rings. The summed E-state index contributed by atoms with van der Waals surface area (Å²) in [5, 5.41) is 2.57. The zero-order chi connectivity index (χ0) is 14.3. The third kappa shape index (κ3) is 5.50. The van der Waals surface area contributed by atoms with E-state index in [0.29, 0.717) is 6.42 Å². The number of nitrogens with two attached hydrogens (primary N) is 2. The molecule has 0 radical (unpaired) electrons. The van der Waals surface area contributed by atoms with Crippen molar-refractivity contribution in [2.75, 3.05) is 7.11 Å². The Morgan fingerprint density at radius 1 is 1.26 bits per heavy atom. The molecule has 1 atom stereocenters. The number of hydrogen-bond donors (Lipinski definition) is 3. The lowest BCUT2D eigenvalue weighted by Crippen LogP contribution is -2.46. The molecule has 0 saturated heterocycles. The normalized spacial score (nSPS) is 12.0. The summed E-state index contributed by atoms with van der Waals surface area (Å²) in [6.45, 7) is 0. The molecule has 6 heteroatoms. The van der Waals surface area contributed by atoms with Gasteiger partial charge in [-0.1, -0.05) is 30.3 Å². The van der Waals surface area contributed by atoms with Crippen LogP contribution in [0.1, 0.15) is 12.0 Å². The molecule has 0 saturated carbocycles. The molecule has 1 aromatic carbocycles. The van der Waals surface area contributed by atoms with Crippen molar-refractivity contribution in [2.45, 2.75) is 25.0 Å². The van der Waals surface area contributed by atoms with E-state index in [9.17, 15) is 9.59 Å². The van der Waals surface area contributed by atoms with Gasteiger partial charge in [-0.15, -0.1) is 0 Å². The van der Waals surface area contributed by atoms with Crippen LogP contribution in [0.15, 0.2) is 30.3 Å². The van der Waals surface area contributed by atoms with Gasteiger partial charge in [0.15, 0.2) is 0 Å². The molecule has 1 unspecified atom stereocenters. The van der Waals surface area contributed by atoms with Gasteiger partial charge in [0.25, 0.3) is 0 Å². The molecule has 0 aliphatic carbocycles. The number of nitrogens with one attached hydrogen (secondary N) is 1. The standard InChI is InChI=1S/C13H19N3O3/c1-19-13(18)10(16-12(17)8-11(14)15)7-9-5-3-2-4-6-9/h2-6,10-11H,7-8,14-15H2,1H3,(H,16,17). The summed E-state index contributed by atoms with van der Waals surface area (Å²) in [7, 11) is 1.28. The summed E-state index contributed by atoms with van der Waals surface area (Å²) in [5.41, 5.74) is 11.6. The second-order valence-electron chi connectivity index (χ2n) is 4.20. The third-order valence-corrected chi connectivity index (χ3v) is 2.52. The van der Waals surface area contributed by atoms with E-state index in [0.717, 1.165) is 5.56 Å². The minimum absolute atomic E-state index is 0.0394. The summed E-state index contributed by atoms with van der Waals surface area (Å²) >= 11 is 0. The number of benzene rings is 1. The van der Waals surface area contributed by atoms with Gasteiger partial charge in [0.05, 0.1) is 19.7 Å². The minimum Gasteiger partial charge on any atom is -0.467 e. The Hall–Kier alpha value is -1.92. The number of amides is 1. The predicted octanol–water partition coefficient (Wildman–Crippen LogP) is -0.479. The monoisotopic (exact) mass is 265 g/mol. The van der Waals surface area contributed by atoms with Gasteiger partial charge in [-0.25, -0.2) is 4.79 Å². The summed E-state index contributed by atoms with van der Waals surface area (Å²) in [4.78, 5) is 23.2. The van der Waals surface area contributed by atoms with Crippen molar-refractivity contribution in [3.8, 4) is 0 Å². The first-order valence-corrected chi connectivity index (χ1v) is 5.95. The number of carbonyl (C=O) groups excluding carboxylic acids is 2. The van der Waals surface area contributed by atoms with E-state index in [4.69, 9.17) is 11.5 Å². The Balaban J connectivity index is 2.67. The number of ether oxygens (including phenoxy) is 1. The topological polar surface area (TPSA) is 107 Å². The Morgan fingerprint density at radius 3 is 2.42 bits per heavy atom. The van der Waals surface area contributed by atoms with E-state index in [-0.39, 0.29) is 12.3 Å². The quantitative estimate of drug-likeness (QED) is 0.475. The molecule has 0 aliphatic heterocycles. The molecule has 19 heavy (non-hydrogen) atoms. The second-order valence-corrected chi connectivity index (χ2v) is 4.20. The third-order valence-electron chi connectivity index (χ3n) is 2.52. The maximum atomic E-state index is 11.6. The fraction of sp³-hybridized carbons (Fsp3) is 0.385. The number of esters is 1. The predicted molar refractivity (Wildman–Crippen MR) is 70.9 cm³/mol. The van der Waals surface area contributed by atoms with E-state index in [2.05, 4.69) is 10.1 Å². The van der Waals surface area contributed by atoms with Gasteiger partial charge in [-0.05, 0) is 5.56 Å². The highest BCUT2D eigenvalue weighted by Gasteiger charge is 2.22. The fourth-order valence-electron chi connectivity index (χ4n) is 1.65. The maximum absolute atomic E-state index is 11.6. The lowest BCUT2D eigenvalue weighted by Gasteiger charge is -2.17. The molecule has 1 rings (SSSR count). The largest absolute Gasteiger partial charge is 0.467 e. The van der Waals surface area contributed by atoms with Crippen LogP contribution < -0.4 is 16.8 Å². The minimum atomic E-state index is -0.741. The zero-order valence-corrected chi connectivity index (χ0v) is 10.8. The van der Waals surface area contributed by atoms with E-state index in [1.54, 1.807) is 0 Å². The van der Waals surface area contributed by atoms with Crippen LogP contribution in [-0.2, 0) is 20.7 Å². The van der Waals surface area contributed by atoms with Crippen molar-refractivity contribution in [1.29, 1.82) is 0 Å². The Morgan fingerprint density at radius 2 is 1.89 bits per heavy atom. The molecule has 0 aromatic heterocycles. The molecule has 6 nitrogen and oxygen atoms in total. The zero-order valence-electron chi connectivity index (χ0n) is 10.8. The molecule has 0 spiro atoms. The van der Waals surface area contributed by atoms with Gasteiger partial charge in [-0.3, -0.25) is 4.79 Å². The molecule has 5 N–H and O–H groups in total. The molecular formula is C13H19N3O3. The highest BCUT2D eigenvalue weighted by Crippen LogP contribution is 2.04. The number of methoxy groups -OCH3 is 1. The van der Waals surface area contributed by atoms with E-state index < -0.39 is 18.2 Å². The van der Waals surface area contributed by atoms with Crippen molar-refractivity contribution in [3.05, 3.63) is 35.9 Å². The van der Waals surface area contributed by atoms with Crippen LogP contribution in [-0.4, -0.2) is 31.2 Å². The molecular weight excluding hydrogens is 246 g/mol. The first kappa shape index (κ1) is 15.1. The Labute approximate surface area is 112 Å². The average Bonchev–Trinajstić information content (AvgIpc) is 2.37. The highest BCUT2D eigenvalue weighted by molar-refractivity contribution is 5.84. The molecule has 1 aromatic rings. The van der Waals surface area contributed by atoms with Crippen molar-refractivity contribution >= 4 is 11.9 Å². The van der Waals surface area contributed by atoms with Crippen molar-refractivity contribution in [2.24, 2.45) is 11.5 Å². The van der Waals surface area contributed by atoms with Crippen molar-refractivity contribution in [3.63, 3.8) is 0 Å². The fourth-order valence-corrected chi connectivity index (χ4v) is 1.65. The number of hydrogen-bond acceptors (Lipinski definition) is 5. The summed E-state index contributed by atoms with van der Waals surface area (Å²) in [6, 6.07) is 8.61. The van der Waals surface area contributed by atoms with Crippen LogP contribution in [0.5, 0.6) is 0 Å². The number of carbonyl (C=O) groups is 2. The summed E-state index contributed by atoms with van der Waals surface area (Å²) < 4.78 is 4.67. The summed E-state index contributed by atoms with van der Waals surface area (Å²) in [6.07, 6.45) is -0.420. The Kier molecular flexibility index (Phi) is 5.98. The van der Waals surface area contributed by atoms with Crippen LogP contribution in [0, 0.1) is 0 Å². The van der Waals surface area contributed by atoms with E-state index in [1.165, 1.54) is 7.11 Å². The molecule has 0 aliphatic rings. The van der Waals surface area contributed by atoms with Crippen molar-refractivity contribution < 1.29 is 14.3 Å². The van der Waals surface area contributed by atoms with E-state index >= 15 is 0 Å². The highest BCUT2D eigenvalue weighted by atomic mass is 16.5. The van der Waals surface area contributed by atoms with Crippen molar-refractivity contribution in [1.82, 2.24) is 5.32 Å². The van der Waals surface area contributed by atoms with Crippen LogP contribution in [0.3, 0.4) is 0 Å². The molecule has 0 heterocycles. The molecule has 1 amide bonds. The summed E-state index contributed by atoms with van der Waals surface area (Å²) in [5.74, 6) is -0.871. The average molecular weight is 265 g/mol. The van der Waals surface area contributed by atoms with E-state index in [1.807, 2.05) is 30.3 Å². The Bertz CT molecular complexity index is 420. The lowest BCUT2D eigenvalue weighted by molar-refractivity contribution is -0.145. The van der Waals surface area contributed by atoms with Gasteiger partial charge in [0, 0.05) is 6.42 Å². The molecule has 0 bridgehead atoms. The number of rotatable bonds is 6. The van der Waals surface area contributed by atoms with Gasteiger partial charge in [0.1, 0.15) is 6.04 Å². The lowest BCUT2D eigenvalue weighted by atomic mass is 10.1. The van der Waals surface area contributed by atoms with Crippen LogP contribution >= 0.6 is 0 Å². The molecule has 104 valence electrons. The first-order valence-electron chi connectivity index (χ1n) is 5.95. The van der Waals surface area contributed by atoms with Crippen LogP contribution in [0.25, 0.3) is 0 Å². The van der Waals surface area contributed by atoms with Crippen LogP contribution in [0.4, 0.5) is 0 Å².